The normalized spacial score (nSPS) is 22.3. The van der Waals surface area contributed by atoms with E-state index in [1.807, 2.05) is 20.2 Å². The molecule has 0 spiro atoms. The fraction of sp³-hybridized carbons (Fsp3) is 0.583. The Bertz CT molecular complexity index is 367. The maximum Gasteiger partial charge on any atom is 0.131 e. The molecule has 0 amide bonds. The van der Waals surface area contributed by atoms with Crippen molar-refractivity contribution in [2.45, 2.75) is 25.7 Å². The Kier molecular flexibility index (Phi) is 3.79. The van der Waals surface area contributed by atoms with Gasteiger partial charge in [0, 0.05) is 19.3 Å². The standard InChI is InChI=1S/C12H18ClN3/c1-9-6-11(7-15-12(9)13)10-4-3-5-16(8-10)14-2/h6-7,10,14H,3-5,8H2,1-2H3/t10-/m1/s1. The molecular weight excluding hydrogens is 222 g/mol. The summed E-state index contributed by atoms with van der Waals surface area (Å²) in [7, 11) is 1.98. The Hall–Kier alpha value is -0.640. The Morgan fingerprint density at radius 1 is 1.56 bits per heavy atom. The molecule has 0 bridgehead atoms. The van der Waals surface area contributed by atoms with Gasteiger partial charge in [-0.15, -0.1) is 0 Å². The zero-order valence-electron chi connectivity index (χ0n) is 9.83. The summed E-state index contributed by atoms with van der Waals surface area (Å²) >= 11 is 5.94. The molecule has 4 heteroatoms. The number of nitrogens with one attached hydrogen (secondary N) is 1. The van der Waals surface area contributed by atoms with Crippen LogP contribution in [0.3, 0.4) is 0 Å². The van der Waals surface area contributed by atoms with Crippen LogP contribution in [0.5, 0.6) is 0 Å². The molecule has 1 atom stereocenters. The molecule has 3 nitrogen and oxygen atoms in total. The van der Waals surface area contributed by atoms with Crippen molar-refractivity contribution < 1.29 is 0 Å². The lowest BCUT2D eigenvalue weighted by molar-refractivity contribution is 0.154. The Balaban J connectivity index is 2.13. The molecule has 1 aromatic heterocycles. The van der Waals surface area contributed by atoms with Gasteiger partial charge in [0.25, 0.3) is 0 Å². The van der Waals surface area contributed by atoms with Crippen LogP contribution in [0.2, 0.25) is 5.15 Å². The van der Waals surface area contributed by atoms with Crippen molar-refractivity contribution in [1.82, 2.24) is 15.4 Å². The van der Waals surface area contributed by atoms with Gasteiger partial charge in [0.2, 0.25) is 0 Å². The van der Waals surface area contributed by atoms with Crippen LogP contribution in [0.4, 0.5) is 0 Å². The second-order valence-electron chi connectivity index (χ2n) is 4.39. The van der Waals surface area contributed by atoms with Crippen LogP contribution in [0.25, 0.3) is 0 Å². The molecule has 0 aromatic carbocycles. The van der Waals surface area contributed by atoms with Crippen LogP contribution in [-0.2, 0) is 0 Å². The molecule has 0 aliphatic carbocycles. The van der Waals surface area contributed by atoms with Gasteiger partial charge >= 0.3 is 0 Å². The van der Waals surface area contributed by atoms with Crippen LogP contribution >= 0.6 is 11.6 Å². The number of pyridine rings is 1. The molecule has 1 fully saturated rings. The van der Waals surface area contributed by atoms with Crippen molar-refractivity contribution in [3.63, 3.8) is 0 Å². The predicted molar refractivity (Wildman–Crippen MR) is 66.6 cm³/mol. The third-order valence-corrected chi connectivity index (χ3v) is 3.64. The number of rotatable bonds is 2. The lowest BCUT2D eigenvalue weighted by Gasteiger charge is -2.32. The monoisotopic (exact) mass is 239 g/mol. The average molecular weight is 240 g/mol. The molecule has 1 N–H and O–H groups in total. The van der Waals surface area contributed by atoms with E-state index in [-0.39, 0.29) is 0 Å². The minimum Gasteiger partial charge on any atom is -0.258 e. The smallest absolute Gasteiger partial charge is 0.131 e. The lowest BCUT2D eigenvalue weighted by atomic mass is 9.92. The number of nitrogens with zero attached hydrogens (tertiary/aromatic N) is 2. The Morgan fingerprint density at radius 2 is 2.38 bits per heavy atom. The summed E-state index contributed by atoms with van der Waals surface area (Å²) in [5, 5.41) is 2.88. The number of hydrazine groups is 1. The molecule has 16 heavy (non-hydrogen) atoms. The fourth-order valence-corrected chi connectivity index (χ4v) is 2.36. The first-order chi connectivity index (χ1) is 7.70. The minimum absolute atomic E-state index is 0.574. The first kappa shape index (κ1) is 11.8. The summed E-state index contributed by atoms with van der Waals surface area (Å²) in [5.41, 5.74) is 5.59. The number of piperidine rings is 1. The van der Waals surface area contributed by atoms with Gasteiger partial charge in [-0.2, -0.15) is 0 Å². The third-order valence-electron chi connectivity index (χ3n) is 3.24. The van der Waals surface area contributed by atoms with Gasteiger partial charge in [-0.1, -0.05) is 17.7 Å². The lowest BCUT2D eigenvalue weighted by Crippen LogP contribution is -2.42. The van der Waals surface area contributed by atoms with Gasteiger partial charge in [-0.05, 0) is 43.9 Å². The third kappa shape index (κ3) is 2.54. The quantitative estimate of drug-likeness (QED) is 0.804. The molecule has 1 aliphatic heterocycles. The molecular formula is C12H18ClN3. The van der Waals surface area contributed by atoms with Crippen molar-refractivity contribution in [1.29, 1.82) is 0 Å². The maximum absolute atomic E-state index is 5.94. The SMILES string of the molecule is CNN1CCC[C@@H](c2cnc(Cl)c(C)c2)C1. The molecule has 0 saturated carbocycles. The van der Waals surface area contributed by atoms with Gasteiger partial charge in [-0.3, -0.25) is 5.43 Å². The van der Waals surface area contributed by atoms with Crippen LogP contribution in [0.1, 0.15) is 29.9 Å². The van der Waals surface area contributed by atoms with E-state index in [1.165, 1.54) is 18.4 Å². The maximum atomic E-state index is 5.94. The van der Waals surface area contributed by atoms with Crippen LogP contribution in [-0.4, -0.2) is 30.1 Å². The van der Waals surface area contributed by atoms with Gasteiger partial charge in [0.1, 0.15) is 5.15 Å². The second-order valence-corrected chi connectivity index (χ2v) is 4.74. The number of hydrogen-bond donors (Lipinski definition) is 1. The van der Waals surface area contributed by atoms with Crippen molar-refractivity contribution in [3.05, 3.63) is 28.5 Å². The largest absolute Gasteiger partial charge is 0.258 e. The van der Waals surface area contributed by atoms with Crippen molar-refractivity contribution in [3.8, 4) is 0 Å². The highest BCUT2D eigenvalue weighted by molar-refractivity contribution is 6.30. The number of aryl methyl sites for hydroxylation is 1. The van der Waals surface area contributed by atoms with Gasteiger partial charge < -0.3 is 0 Å². The summed E-state index contributed by atoms with van der Waals surface area (Å²) in [6, 6.07) is 2.17. The van der Waals surface area contributed by atoms with E-state index in [1.54, 1.807) is 0 Å². The number of hydrogen-bond acceptors (Lipinski definition) is 3. The van der Waals surface area contributed by atoms with Crippen molar-refractivity contribution in [2.75, 3.05) is 20.1 Å². The first-order valence-corrected chi connectivity index (χ1v) is 6.13. The van der Waals surface area contributed by atoms with Crippen molar-refractivity contribution >= 4 is 11.6 Å². The molecule has 88 valence electrons. The van der Waals surface area contributed by atoms with Crippen LogP contribution in [0, 0.1) is 6.92 Å². The summed E-state index contributed by atoms with van der Waals surface area (Å²) in [5.74, 6) is 0.574. The average Bonchev–Trinajstić information content (AvgIpc) is 2.33. The second kappa shape index (κ2) is 5.13. The zero-order valence-corrected chi connectivity index (χ0v) is 10.6. The molecule has 2 rings (SSSR count). The zero-order chi connectivity index (χ0) is 11.5. The highest BCUT2D eigenvalue weighted by atomic mass is 35.5. The molecule has 1 saturated heterocycles. The Morgan fingerprint density at radius 3 is 3.06 bits per heavy atom. The van der Waals surface area contributed by atoms with E-state index in [9.17, 15) is 0 Å². The topological polar surface area (TPSA) is 28.2 Å². The summed E-state index contributed by atoms with van der Waals surface area (Å²) in [6.45, 7) is 4.20. The predicted octanol–water partition coefficient (Wildman–Crippen LogP) is 2.36. The molecule has 1 aromatic rings. The molecule has 0 unspecified atom stereocenters. The van der Waals surface area contributed by atoms with Crippen LogP contribution < -0.4 is 5.43 Å². The minimum atomic E-state index is 0.574. The summed E-state index contributed by atoms with van der Waals surface area (Å²) < 4.78 is 0. The van der Waals surface area contributed by atoms with E-state index in [0.717, 1.165) is 18.7 Å². The van der Waals surface area contributed by atoms with Gasteiger partial charge in [0.05, 0.1) is 0 Å². The van der Waals surface area contributed by atoms with E-state index in [2.05, 4.69) is 21.5 Å². The molecule has 2 heterocycles. The fourth-order valence-electron chi connectivity index (χ4n) is 2.26. The van der Waals surface area contributed by atoms with Gasteiger partial charge in [-0.25, -0.2) is 9.99 Å². The summed E-state index contributed by atoms with van der Waals surface area (Å²) in [6.07, 6.45) is 4.38. The van der Waals surface area contributed by atoms with E-state index < -0.39 is 0 Å². The van der Waals surface area contributed by atoms with E-state index >= 15 is 0 Å². The van der Waals surface area contributed by atoms with Crippen molar-refractivity contribution in [2.24, 2.45) is 0 Å². The van der Waals surface area contributed by atoms with Gasteiger partial charge in [0.15, 0.2) is 0 Å². The Labute approximate surface area is 102 Å². The number of aromatic nitrogens is 1. The summed E-state index contributed by atoms with van der Waals surface area (Å²) in [4.78, 5) is 4.23. The van der Waals surface area contributed by atoms with Crippen LogP contribution in [0.15, 0.2) is 12.3 Å². The number of halogens is 1. The molecule has 1 aliphatic rings. The first-order valence-electron chi connectivity index (χ1n) is 5.75. The highest BCUT2D eigenvalue weighted by Crippen LogP contribution is 2.27. The van der Waals surface area contributed by atoms with E-state index in [0.29, 0.717) is 11.1 Å². The highest BCUT2D eigenvalue weighted by Gasteiger charge is 2.20. The molecule has 0 radical (unpaired) electrons. The van der Waals surface area contributed by atoms with E-state index in [4.69, 9.17) is 11.6 Å².